The van der Waals surface area contributed by atoms with E-state index in [0.29, 0.717) is 12.5 Å². The molecular weight excluding hydrogens is 402 g/mol. The van der Waals surface area contributed by atoms with Crippen molar-refractivity contribution in [3.8, 4) is 0 Å². The van der Waals surface area contributed by atoms with Gasteiger partial charge in [-0.25, -0.2) is 0 Å². The normalized spacial score (nSPS) is 28.0. The van der Waals surface area contributed by atoms with Crippen LogP contribution in [-0.2, 0) is 22.6 Å². The van der Waals surface area contributed by atoms with Crippen LogP contribution in [0.3, 0.4) is 0 Å². The number of hydrazine groups is 1. The van der Waals surface area contributed by atoms with Gasteiger partial charge in [0.15, 0.2) is 0 Å². The van der Waals surface area contributed by atoms with Gasteiger partial charge in [-0.3, -0.25) is 25.3 Å². The highest BCUT2D eigenvalue weighted by Gasteiger charge is 2.42. The van der Waals surface area contributed by atoms with E-state index in [9.17, 15) is 9.59 Å². The van der Waals surface area contributed by atoms with Crippen molar-refractivity contribution in [3.05, 3.63) is 35.4 Å². The van der Waals surface area contributed by atoms with E-state index in [4.69, 9.17) is 0 Å². The number of hydrogen-bond donors (Lipinski definition) is 2. The number of carbonyl (C=O) groups excluding carboxylic acids is 2. The van der Waals surface area contributed by atoms with Gasteiger partial charge in [0.05, 0.1) is 12.0 Å². The number of amides is 2. The Morgan fingerprint density at radius 3 is 2.44 bits per heavy atom. The molecule has 0 bridgehead atoms. The minimum Gasteiger partial charge on any atom is -0.341 e. The summed E-state index contributed by atoms with van der Waals surface area (Å²) >= 11 is 0. The Morgan fingerprint density at radius 2 is 1.69 bits per heavy atom. The van der Waals surface area contributed by atoms with Gasteiger partial charge >= 0.3 is 0 Å². The number of benzene rings is 1. The summed E-state index contributed by atoms with van der Waals surface area (Å²) in [7, 11) is 0. The zero-order chi connectivity index (χ0) is 22.1. The van der Waals surface area contributed by atoms with Crippen molar-refractivity contribution < 1.29 is 9.59 Å². The highest BCUT2D eigenvalue weighted by Crippen LogP contribution is 2.30. The minimum atomic E-state index is -0.0314. The number of carbonyl (C=O) groups is 2. The molecule has 174 valence electrons. The smallest absolute Gasteiger partial charge is 0.239 e. The topological polar surface area (TPSA) is 67.9 Å². The zero-order valence-corrected chi connectivity index (χ0v) is 19.3. The SMILES string of the molecule is CC(C(=O)N1CCC(C2NNCC2C(=O)N2CCc3ccccc3C2)CC1)N1CCCC1. The van der Waals surface area contributed by atoms with Crippen molar-refractivity contribution in [2.75, 3.05) is 39.3 Å². The lowest BCUT2D eigenvalue weighted by atomic mass is 9.82. The largest absolute Gasteiger partial charge is 0.341 e. The van der Waals surface area contributed by atoms with Crippen molar-refractivity contribution >= 4 is 11.8 Å². The van der Waals surface area contributed by atoms with E-state index in [1.807, 2.05) is 4.90 Å². The molecule has 4 aliphatic heterocycles. The van der Waals surface area contributed by atoms with Crippen LogP contribution in [0.1, 0.15) is 43.7 Å². The molecule has 4 heterocycles. The second-order valence-electron chi connectivity index (χ2n) is 10.0. The van der Waals surface area contributed by atoms with Crippen molar-refractivity contribution in [1.29, 1.82) is 0 Å². The lowest BCUT2D eigenvalue weighted by Crippen LogP contribution is -2.52. The number of fused-ring (bicyclic) bond motifs is 1. The van der Waals surface area contributed by atoms with Gasteiger partial charge in [-0.1, -0.05) is 24.3 Å². The maximum absolute atomic E-state index is 13.4. The predicted molar refractivity (Wildman–Crippen MR) is 124 cm³/mol. The van der Waals surface area contributed by atoms with Crippen LogP contribution in [0.15, 0.2) is 24.3 Å². The van der Waals surface area contributed by atoms with E-state index in [2.05, 4.69) is 51.8 Å². The summed E-state index contributed by atoms with van der Waals surface area (Å²) in [6.45, 7) is 7.98. The molecule has 32 heavy (non-hydrogen) atoms. The van der Waals surface area contributed by atoms with Crippen molar-refractivity contribution in [1.82, 2.24) is 25.6 Å². The Hall–Kier alpha value is -1.96. The molecule has 0 radical (unpaired) electrons. The number of piperidine rings is 1. The van der Waals surface area contributed by atoms with Crippen molar-refractivity contribution in [2.45, 2.75) is 57.7 Å². The van der Waals surface area contributed by atoms with Crippen LogP contribution < -0.4 is 10.9 Å². The molecule has 2 N–H and O–H groups in total. The molecule has 5 rings (SSSR count). The van der Waals surface area contributed by atoms with Gasteiger partial charge in [0.25, 0.3) is 0 Å². The first-order valence-electron chi connectivity index (χ1n) is 12.5. The maximum atomic E-state index is 13.4. The van der Waals surface area contributed by atoms with Crippen LogP contribution in [-0.4, -0.2) is 77.9 Å². The molecule has 0 saturated carbocycles. The van der Waals surface area contributed by atoms with Crippen LogP contribution >= 0.6 is 0 Å². The second-order valence-corrected chi connectivity index (χ2v) is 10.0. The summed E-state index contributed by atoms with van der Waals surface area (Å²) in [5.41, 5.74) is 9.33. The van der Waals surface area contributed by atoms with E-state index >= 15 is 0 Å². The molecular formula is C25H37N5O2. The molecule has 7 heteroatoms. The average molecular weight is 440 g/mol. The predicted octanol–water partition coefficient (Wildman–Crippen LogP) is 1.39. The van der Waals surface area contributed by atoms with Crippen molar-refractivity contribution in [3.63, 3.8) is 0 Å². The molecule has 7 nitrogen and oxygen atoms in total. The third kappa shape index (κ3) is 4.30. The summed E-state index contributed by atoms with van der Waals surface area (Å²) in [4.78, 5) is 32.9. The maximum Gasteiger partial charge on any atom is 0.239 e. The number of nitrogens with zero attached hydrogens (tertiary/aromatic N) is 3. The van der Waals surface area contributed by atoms with E-state index in [-0.39, 0.29) is 29.8 Å². The van der Waals surface area contributed by atoms with Gasteiger partial charge in [-0.05, 0) is 69.2 Å². The van der Waals surface area contributed by atoms with Crippen LogP contribution in [0.25, 0.3) is 0 Å². The summed E-state index contributed by atoms with van der Waals surface area (Å²) in [6, 6.07) is 8.61. The lowest BCUT2D eigenvalue weighted by Gasteiger charge is -2.39. The average Bonchev–Trinajstić information content (AvgIpc) is 3.55. The highest BCUT2D eigenvalue weighted by atomic mass is 16.2. The van der Waals surface area contributed by atoms with Gasteiger partial charge < -0.3 is 9.80 Å². The molecule has 3 unspecified atom stereocenters. The summed E-state index contributed by atoms with van der Waals surface area (Å²) in [5, 5.41) is 0. The first-order valence-corrected chi connectivity index (χ1v) is 12.5. The Morgan fingerprint density at radius 1 is 0.969 bits per heavy atom. The lowest BCUT2D eigenvalue weighted by molar-refractivity contribution is -0.139. The minimum absolute atomic E-state index is 0.00312. The third-order valence-electron chi connectivity index (χ3n) is 8.19. The molecule has 4 aliphatic rings. The molecule has 1 aromatic rings. The van der Waals surface area contributed by atoms with E-state index in [0.717, 1.165) is 58.5 Å². The van der Waals surface area contributed by atoms with Crippen LogP contribution in [0.4, 0.5) is 0 Å². The number of hydrogen-bond acceptors (Lipinski definition) is 5. The Bertz CT molecular complexity index is 831. The standard InChI is InChI=1S/C25H37N5O2/c1-18(28-11-4-5-12-28)24(31)29-13-9-20(10-14-29)23-22(16-26-27-23)25(32)30-15-8-19-6-2-3-7-21(19)17-30/h2-3,6-7,18,20,22-23,26-27H,4-5,8-17H2,1H3. The molecule has 0 aromatic heterocycles. The van der Waals surface area contributed by atoms with Crippen LogP contribution in [0.2, 0.25) is 0 Å². The fourth-order valence-electron chi connectivity index (χ4n) is 6.15. The van der Waals surface area contributed by atoms with Gasteiger partial charge in [-0.15, -0.1) is 0 Å². The van der Waals surface area contributed by atoms with Gasteiger partial charge in [0.2, 0.25) is 11.8 Å². The molecule has 3 atom stereocenters. The first-order chi connectivity index (χ1) is 15.6. The number of rotatable bonds is 4. The Labute approximate surface area is 191 Å². The second kappa shape index (κ2) is 9.49. The number of likely N-dealkylation sites (tertiary alicyclic amines) is 2. The quantitative estimate of drug-likeness (QED) is 0.742. The zero-order valence-electron chi connectivity index (χ0n) is 19.3. The fourth-order valence-corrected chi connectivity index (χ4v) is 6.15. The van der Waals surface area contributed by atoms with E-state index in [1.165, 1.54) is 24.0 Å². The van der Waals surface area contributed by atoms with Crippen molar-refractivity contribution in [2.24, 2.45) is 11.8 Å². The first kappa shape index (κ1) is 21.9. The summed E-state index contributed by atoms with van der Waals surface area (Å²) in [6.07, 6.45) is 5.28. The van der Waals surface area contributed by atoms with E-state index in [1.54, 1.807) is 0 Å². The fraction of sp³-hybridized carbons (Fsp3) is 0.680. The van der Waals surface area contributed by atoms with Gasteiger partial charge in [-0.2, -0.15) is 0 Å². The monoisotopic (exact) mass is 439 g/mol. The summed E-state index contributed by atoms with van der Waals surface area (Å²) in [5.74, 6) is 0.934. The molecule has 3 saturated heterocycles. The molecule has 1 aromatic carbocycles. The number of nitrogens with one attached hydrogen (secondary N) is 2. The van der Waals surface area contributed by atoms with Crippen LogP contribution in [0.5, 0.6) is 0 Å². The van der Waals surface area contributed by atoms with Gasteiger partial charge in [0, 0.05) is 38.8 Å². The van der Waals surface area contributed by atoms with E-state index < -0.39 is 0 Å². The van der Waals surface area contributed by atoms with Crippen LogP contribution in [0, 0.1) is 11.8 Å². The molecule has 0 spiro atoms. The molecule has 0 aliphatic carbocycles. The highest BCUT2D eigenvalue weighted by molar-refractivity contribution is 5.82. The Kier molecular flexibility index (Phi) is 6.49. The van der Waals surface area contributed by atoms with Gasteiger partial charge in [0.1, 0.15) is 0 Å². The third-order valence-corrected chi connectivity index (χ3v) is 8.19. The molecule has 2 amide bonds. The summed E-state index contributed by atoms with van der Waals surface area (Å²) < 4.78 is 0. The Balaban J connectivity index is 1.17. The molecule has 3 fully saturated rings.